The fourth-order valence-electron chi connectivity index (χ4n) is 1.08. The number of aryl methyl sites for hydroxylation is 1. The molecule has 5 heteroatoms. The van der Waals surface area contributed by atoms with E-state index in [1.807, 2.05) is 24.7 Å². The van der Waals surface area contributed by atoms with Gasteiger partial charge in [-0.1, -0.05) is 0 Å². The highest BCUT2D eigenvalue weighted by atomic mass is 31.0. The number of carbonyl (C=O) groups excluding carboxylic acids is 1. The summed E-state index contributed by atoms with van der Waals surface area (Å²) in [5, 5.41) is 0. The molecule has 0 aromatic carbocycles. The number of carbonyl (C=O) groups is 1. The number of hydrogen-bond acceptors (Lipinski definition) is 3. The van der Waals surface area contributed by atoms with Crippen molar-refractivity contribution in [2.75, 3.05) is 0 Å². The second-order valence-electron chi connectivity index (χ2n) is 2.94. The van der Waals surface area contributed by atoms with Crippen molar-refractivity contribution in [3.8, 4) is 0 Å². The molecule has 0 amide bonds. The smallest absolute Gasteiger partial charge is 0.136 e. The van der Waals surface area contributed by atoms with Crippen LogP contribution in [0.3, 0.4) is 0 Å². The van der Waals surface area contributed by atoms with Gasteiger partial charge in [-0.2, -0.15) is 0 Å². The summed E-state index contributed by atoms with van der Waals surface area (Å²) in [5.74, 6) is 1.53. The van der Waals surface area contributed by atoms with Gasteiger partial charge in [0.05, 0.1) is 20.9 Å². The fourth-order valence-corrected chi connectivity index (χ4v) is 1.15. The molecular formula is C9H13N2O2P. The van der Waals surface area contributed by atoms with Crippen LogP contribution in [-0.2, 0) is 22.8 Å². The highest BCUT2D eigenvalue weighted by Gasteiger charge is 2.02. The predicted molar refractivity (Wildman–Crippen MR) is 57.4 cm³/mol. The number of hydrogen-bond donors (Lipinski definition) is 0. The Labute approximate surface area is 85.3 Å². The molecule has 0 fully saturated rings. The summed E-state index contributed by atoms with van der Waals surface area (Å²) in [7, 11) is 4.05. The third kappa shape index (κ3) is 2.67. The van der Waals surface area contributed by atoms with Crippen LogP contribution in [0.5, 0.6) is 0 Å². The Kier molecular flexibility index (Phi) is 3.84. The second-order valence-corrected chi connectivity index (χ2v) is 3.18. The SMILES string of the molecule is C/C(=C\c1nc(CC=O)cn1C)OP. The van der Waals surface area contributed by atoms with E-state index in [4.69, 9.17) is 4.52 Å². The maximum absolute atomic E-state index is 10.3. The van der Waals surface area contributed by atoms with Gasteiger partial charge in [0.15, 0.2) is 0 Å². The molecule has 14 heavy (non-hydrogen) atoms. The minimum absolute atomic E-state index is 0.350. The van der Waals surface area contributed by atoms with Gasteiger partial charge in [-0.25, -0.2) is 4.98 Å². The average molecular weight is 212 g/mol. The predicted octanol–water partition coefficient (Wildman–Crippen LogP) is 1.33. The molecule has 0 spiro atoms. The summed E-state index contributed by atoms with van der Waals surface area (Å²) < 4.78 is 6.79. The van der Waals surface area contributed by atoms with Gasteiger partial charge < -0.3 is 13.9 Å². The summed E-state index contributed by atoms with van der Waals surface area (Å²) in [6, 6.07) is 0. The Balaban J connectivity index is 2.92. The zero-order valence-corrected chi connectivity index (χ0v) is 9.38. The average Bonchev–Trinajstić information content (AvgIpc) is 2.47. The first-order valence-corrected chi connectivity index (χ1v) is 4.65. The molecule has 0 saturated carbocycles. The van der Waals surface area contributed by atoms with Crippen molar-refractivity contribution in [2.45, 2.75) is 13.3 Å². The second kappa shape index (κ2) is 4.91. The first-order valence-electron chi connectivity index (χ1n) is 4.18. The fraction of sp³-hybridized carbons (Fsp3) is 0.333. The van der Waals surface area contributed by atoms with Crippen LogP contribution in [0.4, 0.5) is 0 Å². The molecule has 4 nitrogen and oxygen atoms in total. The lowest BCUT2D eigenvalue weighted by Crippen LogP contribution is -1.90. The summed E-state index contributed by atoms with van der Waals surface area (Å²) in [4.78, 5) is 14.5. The third-order valence-electron chi connectivity index (χ3n) is 1.77. The monoisotopic (exact) mass is 212 g/mol. The van der Waals surface area contributed by atoms with Crippen LogP contribution in [0.15, 0.2) is 12.0 Å². The van der Waals surface area contributed by atoms with Gasteiger partial charge >= 0.3 is 0 Å². The first-order chi connectivity index (χ1) is 6.67. The van der Waals surface area contributed by atoms with Crippen molar-refractivity contribution >= 4 is 21.8 Å². The van der Waals surface area contributed by atoms with Crippen LogP contribution in [0.1, 0.15) is 18.4 Å². The maximum atomic E-state index is 10.3. The minimum atomic E-state index is 0.350. The number of allylic oxidation sites excluding steroid dienone is 1. The van der Waals surface area contributed by atoms with Gasteiger partial charge in [-0.15, -0.1) is 0 Å². The molecule has 1 rings (SSSR count). The molecule has 1 heterocycles. The highest BCUT2D eigenvalue weighted by molar-refractivity contribution is 7.10. The van der Waals surface area contributed by atoms with Gasteiger partial charge in [0.1, 0.15) is 12.1 Å². The third-order valence-corrected chi connectivity index (χ3v) is 2.14. The molecule has 1 aromatic heterocycles. The zero-order valence-electron chi connectivity index (χ0n) is 8.23. The summed E-state index contributed by atoms with van der Waals surface area (Å²) in [6.07, 6.45) is 4.83. The maximum Gasteiger partial charge on any atom is 0.136 e. The van der Waals surface area contributed by atoms with Crippen LogP contribution in [0, 0.1) is 0 Å². The van der Waals surface area contributed by atoms with Crippen LogP contribution >= 0.6 is 9.47 Å². The Hall–Kier alpha value is -1.15. The van der Waals surface area contributed by atoms with Crippen LogP contribution in [0.25, 0.3) is 6.08 Å². The molecule has 0 saturated heterocycles. The van der Waals surface area contributed by atoms with Gasteiger partial charge in [-0.3, -0.25) is 0 Å². The Bertz CT molecular complexity index is 358. The lowest BCUT2D eigenvalue weighted by molar-refractivity contribution is -0.107. The van der Waals surface area contributed by atoms with Gasteiger partial charge in [-0.05, 0) is 6.92 Å². The molecular weight excluding hydrogens is 199 g/mol. The number of nitrogens with zero attached hydrogens (tertiary/aromatic N) is 2. The lowest BCUT2D eigenvalue weighted by Gasteiger charge is -1.97. The standard InChI is InChI=1S/C9H13N2O2P/c1-7(13-14)5-9-10-8(3-4-12)6-11(9)2/h4-6H,3,14H2,1-2H3/b7-5+. The lowest BCUT2D eigenvalue weighted by atomic mass is 10.4. The molecule has 1 unspecified atom stereocenters. The number of aromatic nitrogens is 2. The van der Waals surface area contributed by atoms with Crippen molar-refractivity contribution in [3.63, 3.8) is 0 Å². The van der Waals surface area contributed by atoms with Crippen molar-refractivity contribution in [2.24, 2.45) is 7.05 Å². The quantitative estimate of drug-likeness (QED) is 0.429. The molecule has 0 radical (unpaired) electrons. The van der Waals surface area contributed by atoms with E-state index in [0.29, 0.717) is 6.42 Å². The Morgan fingerprint density at radius 2 is 2.50 bits per heavy atom. The van der Waals surface area contributed by atoms with Gasteiger partial charge in [0.25, 0.3) is 0 Å². The topological polar surface area (TPSA) is 44.1 Å². The summed E-state index contributed by atoms with van der Waals surface area (Å²) in [5.41, 5.74) is 0.769. The number of imidazole rings is 1. The van der Waals surface area contributed by atoms with Crippen LogP contribution in [0.2, 0.25) is 0 Å². The van der Waals surface area contributed by atoms with Crippen LogP contribution < -0.4 is 0 Å². The van der Waals surface area contributed by atoms with E-state index in [0.717, 1.165) is 23.6 Å². The summed E-state index contributed by atoms with van der Waals surface area (Å²) in [6.45, 7) is 1.83. The van der Waals surface area contributed by atoms with E-state index < -0.39 is 0 Å². The molecule has 0 N–H and O–H groups in total. The van der Waals surface area contributed by atoms with Gasteiger partial charge in [0, 0.05) is 25.7 Å². The van der Waals surface area contributed by atoms with Gasteiger partial charge in [0.2, 0.25) is 0 Å². The van der Waals surface area contributed by atoms with Crippen molar-refractivity contribution in [3.05, 3.63) is 23.5 Å². The highest BCUT2D eigenvalue weighted by Crippen LogP contribution is 2.09. The van der Waals surface area contributed by atoms with E-state index in [-0.39, 0.29) is 0 Å². The molecule has 0 aliphatic rings. The largest absolute Gasteiger partial charge is 0.485 e. The first kappa shape index (κ1) is 10.9. The zero-order chi connectivity index (χ0) is 10.6. The molecule has 76 valence electrons. The molecule has 1 atom stereocenters. The molecule has 0 bridgehead atoms. The van der Waals surface area contributed by atoms with E-state index >= 15 is 0 Å². The van der Waals surface area contributed by atoms with E-state index in [1.54, 1.807) is 6.08 Å². The number of aldehydes is 1. The van der Waals surface area contributed by atoms with E-state index in [2.05, 4.69) is 14.5 Å². The number of rotatable bonds is 4. The molecule has 0 aliphatic carbocycles. The van der Waals surface area contributed by atoms with E-state index in [9.17, 15) is 4.79 Å². The minimum Gasteiger partial charge on any atom is -0.485 e. The van der Waals surface area contributed by atoms with Crippen molar-refractivity contribution < 1.29 is 9.32 Å². The Morgan fingerprint density at radius 3 is 3.07 bits per heavy atom. The molecule has 0 aliphatic heterocycles. The normalized spacial score (nSPS) is 11.5. The van der Waals surface area contributed by atoms with Crippen molar-refractivity contribution in [1.29, 1.82) is 0 Å². The Morgan fingerprint density at radius 1 is 1.79 bits per heavy atom. The van der Waals surface area contributed by atoms with E-state index in [1.165, 1.54) is 0 Å². The van der Waals surface area contributed by atoms with Crippen molar-refractivity contribution in [1.82, 2.24) is 9.55 Å². The summed E-state index contributed by atoms with van der Waals surface area (Å²) >= 11 is 0. The molecule has 1 aromatic rings. The van der Waals surface area contributed by atoms with Crippen LogP contribution in [-0.4, -0.2) is 15.8 Å².